The van der Waals surface area contributed by atoms with E-state index in [4.69, 9.17) is 9.68 Å². The van der Waals surface area contributed by atoms with E-state index < -0.39 is 5.56 Å². The van der Waals surface area contributed by atoms with Crippen LogP contribution < -0.4 is 5.56 Å². The number of aryl methyl sites for hydroxylation is 2. The van der Waals surface area contributed by atoms with Gasteiger partial charge in [0, 0.05) is 5.39 Å². The Hall–Kier alpha value is -2.02. The minimum atomic E-state index is -0.396. The Balaban J connectivity index is 3.01. The van der Waals surface area contributed by atoms with Gasteiger partial charge in [0.15, 0.2) is 0 Å². The average Bonchev–Trinajstić information content (AvgIpc) is 2.47. The Labute approximate surface area is 79.8 Å². The van der Waals surface area contributed by atoms with Crippen LogP contribution in [-0.2, 0) is 0 Å². The summed E-state index contributed by atoms with van der Waals surface area (Å²) in [5.41, 5.74) is 0.859. The first-order valence-electron chi connectivity index (χ1n) is 4.16. The second-order valence-electron chi connectivity index (χ2n) is 3.17. The van der Waals surface area contributed by atoms with Gasteiger partial charge in [-0.15, -0.1) is 0 Å². The number of hydrogen-bond acceptors (Lipinski definition) is 3. The van der Waals surface area contributed by atoms with Crippen molar-refractivity contribution in [2.24, 2.45) is 0 Å². The maximum Gasteiger partial charge on any atom is 0.268 e. The summed E-state index contributed by atoms with van der Waals surface area (Å²) in [5, 5.41) is 9.56. The molecular formula is C10H8N2O2. The van der Waals surface area contributed by atoms with Crippen LogP contribution in [0.2, 0.25) is 0 Å². The lowest BCUT2D eigenvalue weighted by Gasteiger charge is -1.95. The zero-order valence-electron chi connectivity index (χ0n) is 7.84. The SMILES string of the molecule is Cc1cc2c(C)c(C#N)c(=O)[nH]c2o1. The van der Waals surface area contributed by atoms with Gasteiger partial charge in [0.05, 0.1) is 0 Å². The molecule has 2 aromatic heterocycles. The molecule has 0 aliphatic rings. The number of fused-ring (bicyclic) bond motifs is 1. The highest BCUT2D eigenvalue weighted by atomic mass is 16.3. The minimum Gasteiger partial charge on any atom is -0.445 e. The lowest BCUT2D eigenvalue weighted by atomic mass is 10.1. The number of aromatic nitrogens is 1. The van der Waals surface area contributed by atoms with Gasteiger partial charge in [0.2, 0.25) is 5.71 Å². The van der Waals surface area contributed by atoms with Gasteiger partial charge in [0.1, 0.15) is 17.4 Å². The third-order valence-electron chi connectivity index (χ3n) is 2.20. The van der Waals surface area contributed by atoms with Crippen LogP contribution in [-0.4, -0.2) is 4.98 Å². The number of aromatic amines is 1. The van der Waals surface area contributed by atoms with Gasteiger partial charge in [-0.2, -0.15) is 5.26 Å². The van der Waals surface area contributed by atoms with E-state index in [1.165, 1.54) is 0 Å². The molecule has 0 atom stereocenters. The van der Waals surface area contributed by atoms with Crippen molar-refractivity contribution in [3.8, 4) is 6.07 Å². The fourth-order valence-corrected chi connectivity index (χ4v) is 1.49. The Morgan fingerprint density at radius 1 is 1.50 bits per heavy atom. The van der Waals surface area contributed by atoms with Crippen molar-refractivity contribution in [3.63, 3.8) is 0 Å². The molecule has 0 radical (unpaired) electrons. The summed E-state index contributed by atoms with van der Waals surface area (Å²) in [6.07, 6.45) is 0. The predicted octanol–water partition coefficient (Wildman–Crippen LogP) is 1.61. The molecule has 4 heteroatoms. The minimum absolute atomic E-state index is 0.151. The Kier molecular flexibility index (Phi) is 1.68. The molecule has 4 nitrogen and oxygen atoms in total. The Morgan fingerprint density at radius 3 is 2.86 bits per heavy atom. The van der Waals surface area contributed by atoms with Gasteiger partial charge >= 0.3 is 0 Å². The van der Waals surface area contributed by atoms with Crippen LogP contribution in [0.4, 0.5) is 0 Å². The summed E-state index contributed by atoms with van der Waals surface area (Å²) < 4.78 is 5.26. The summed E-state index contributed by atoms with van der Waals surface area (Å²) in [4.78, 5) is 13.9. The first kappa shape index (κ1) is 8.57. The fourth-order valence-electron chi connectivity index (χ4n) is 1.49. The smallest absolute Gasteiger partial charge is 0.268 e. The van der Waals surface area contributed by atoms with Gasteiger partial charge in [0.25, 0.3) is 5.56 Å². The maximum atomic E-state index is 11.4. The molecule has 0 amide bonds. The summed E-state index contributed by atoms with van der Waals surface area (Å²) in [7, 11) is 0. The lowest BCUT2D eigenvalue weighted by molar-refractivity contribution is 0.566. The van der Waals surface area contributed by atoms with Gasteiger partial charge in [-0.05, 0) is 25.5 Å². The number of nitrogens with zero attached hydrogens (tertiary/aromatic N) is 1. The summed E-state index contributed by atoms with van der Waals surface area (Å²) in [6, 6.07) is 3.69. The van der Waals surface area contributed by atoms with Gasteiger partial charge in [-0.1, -0.05) is 0 Å². The Morgan fingerprint density at radius 2 is 2.21 bits per heavy atom. The van der Waals surface area contributed by atoms with Crippen LogP contribution in [0.1, 0.15) is 16.9 Å². The van der Waals surface area contributed by atoms with E-state index in [9.17, 15) is 4.79 Å². The monoisotopic (exact) mass is 188 g/mol. The number of H-pyrrole nitrogens is 1. The van der Waals surface area contributed by atoms with E-state index >= 15 is 0 Å². The van der Waals surface area contributed by atoms with Crippen molar-refractivity contribution in [1.82, 2.24) is 4.98 Å². The number of nitrogens with one attached hydrogen (secondary N) is 1. The van der Waals surface area contributed by atoms with E-state index in [-0.39, 0.29) is 5.56 Å². The second kappa shape index (κ2) is 2.74. The van der Waals surface area contributed by atoms with Crippen LogP contribution in [0.25, 0.3) is 11.1 Å². The molecule has 0 unspecified atom stereocenters. The molecule has 0 saturated carbocycles. The molecule has 0 fully saturated rings. The van der Waals surface area contributed by atoms with E-state index in [0.717, 1.165) is 5.39 Å². The predicted molar refractivity (Wildman–Crippen MR) is 51.0 cm³/mol. The van der Waals surface area contributed by atoms with Crippen LogP contribution in [0.15, 0.2) is 15.3 Å². The normalized spacial score (nSPS) is 10.4. The number of furan rings is 1. The standard InChI is InChI=1S/C10H8N2O2/c1-5-3-7-6(2)8(4-11)9(13)12-10(7)14-5/h3H,1-2H3,(H,12,13). The average molecular weight is 188 g/mol. The molecule has 0 aliphatic carbocycles. The molecule has 0 bridgehead atoms. The Bertz CT molecular complexity index is 599. The largest absolute Gasteiger partial charge is 0.445 e. The van der Waals surface area contributed by atoms with Crippen LogP contribution in [0.5, 0.6) is 0 Å². The zero-order valence-corrected chi connectivity index (χ0v) is 7.84. The summed E-state index contributed by atoms with van der Waals surface area (Å²) >= 11 is 0. The van der Waals surface area contributed by atoms with Crippen molar-refractivity contribution in [2.45, 2.75) is 13.8 Å². The van der Waals surface area contributed by atoms with Crippen molar-refractivity contribution in [1.29, 1.82) is 5.26 Å². The third-order valence-corrected chi connectivity index (χ3v) is 2.20. The first-order chi connectivity index (χ1) is 6.63. The molecule has 0 spiro atoms. The molecule has 0 aromatic carbocycles. The molecule has 1 N–H and O–H groups in total. The van der Waals surface area contributed by atoms with Crippen LogP contribution in [0.3, 0.4) is 0 Å². The number of pyridine rings is 1. The molecule has 2 rings (SSSR count). The van der Waals surface area contributed by atoms with Crippen LogP contribution >= 0.6 is 0 Å². The van der Waals surface area contributed by atoms with E-state index in [0.29, 0.717) is 17.0 Å². The number of nitriles is 1. The van der Waals surface area contributed by atoms with Crippen molar-refractivity contribution >= 4 is 11.1 Å². The fraction of sp³-hybridized carbons (Fsp3) is 0.200. The quantitative estimate of drug-likeness (QED) is 0.682. The van der Waals surface area contributed by atoms with Crippen molar-refractivity contribution in [2.75, 3.05) is 0 Å². The number of rotatable bonds is 0. The van der Waals surface area contributed by atoms with Gasteiger partial charge < -0.3 is 4.42 Å². The summed E-state index contributed by atoms with van der Waals surface area (Å²) in [5.74, 6) is 0.717. The van der Waals surface area contributed by atoms with Gasteiger partial charge in [-0.3, -0.25) is 9.78 Å². The number of hydrogen-bond donors (Lipinski definition) is 1. The van der Waals surface area contributed by atoms with E-state index in [2.05, 4.69) is 4.98 Å². The molecule has 70 valence electrons. The molecule has 14 heavy (non-hydrogen) atoms. The lowest BCUT2D eigenvalue weighted by Crippen LogP contribution is -2.11. The molecule has 2 aromatic rings. The van der Waals surface area contributed by atoms with Gasteiger partial charge in [-0.25, -0.2) is 0 Å². The highest BCUT2D eigenvalue weighted by Crippen LogP contribution is 2.20. The molecule has 0 aliphatic heterocycles. The molecule has 0 saturated heterocycles. The third kappa shape index (κ3) is 1.03. The first-order valence-corrected chi connectivity index (χ1v) is 4.16. The topological polar surface area (TPSA) is 69.8 Å². The highest BCUT2D eigenvalue weighted by molar-refractivity contribution is 5.80. The highest BCUT2D eigenvalue weighted by Gasteiger charge is 2.11. The second-order valence-corrected chi connectivity index (χ2v) is 3.17. The van der Waals surface area contributed by atoms with E-state index in [1.54, 1.807) is 19.9 Å². The zero-order chi connectivity index (χ0) is 10.3. The molecule has 2 heterocycles. The van der Waals surface area contributed by atoms with Crippen molar-refractivity contribution < 1.29 is 4.42 Å². The van der Waals surface area contributed by atoms with Crippen molar-refractivity contribution in [3.05, 3.63) is 33.3 Å². The van der Waals surface area contributed by atoms with E-state index in [1.807, 2.05) is 6.07 Å². The molecular weight excluding hydrogens is 180 g/mol. The maximum absolute atomic E-state index is 11.4. The summed E-state index contributed by atoms with van der Waals surface area (Å²) in [6.45, 7) is 3.54. The van der Waals surface area contributed by atoms with Crippen LogP contribution in [0, 0.1) is 25.2 Å².